The molecule has 0 spiro atoms. The van der Waals surface area contributed by atoms with E-state index in [-0.39, 0.29) is 0 Å². The molecular formula is C11H13NO2. The molecule has 0 heterocycles. The van der Waals surface area contributed by atoms with Crippen LogP contribution in [0.15, 0.2) is 18.2 Å². The van der Waals surface area contributed by atoms with Crippen LogP contribution in [-0.4, -0.2) is 14.2 Å². The molecule has 3 nitrogen and oxygen atoms in total. The van der Waals surface area contributed by atoms with Crippen LogP contribution in [0, 0.1) is 12.0 Å². The zero-order valence-electron chi connectivity index (χ0n) is 8.55. The number of benzene rings is 1. The zero-order chi connectivity index (χ0) is 10.4. The highest BCUT2D eigenvalue weighted by atomic mass is 16.5. The van der Waals surface area contributed by atoms with Crippen molar-refractivity contribution >= 4 is 5.69 Å². The summed E-state index contributed by atoms with van der Waals surface area (Å²) in [5.41, 5.74) is 0.886. The Balaban J connectivity index is 2.93. The van der Waals surface area contributed by atoms with Crippen molar-refractivity contribution in [2.45, 2.75) is 6.92 Å². The van der Waals surface area contributed by atoms with Gasteiger partial charge in [-0.1, -0.05) is 5.92 Å². The molecule has 14 heavy (non-hydrogen) atoms. The summed E-state index contributed by atoms with van der Waals surface area (Å²) in [5, 5.41) is 2.92. The number of methoxy groups -OCH3 is 2. The molecule has 0 unspecified atom stereocenters. The van der Waals surface area contributed by atoms with Gasteiger partial charge in [-0.2, -0.15) is 0 Å². The van der Waals surface area contributed by atoms with E-state index in [0.29, 0.717) is 11.5 Å². The van der Waals surface area contributed by atoms with Crippen molar-refractivity contribution in [3.63, 3.8) is 0 Å². The number of rotatable bonds is 3. The summed E-state index contributed by atoms with van der Waals surface area (Å²) >= 11 is 0. The van der Waals surface area contributed by atoms with Crippen LogP contribution < -0.4 is 14.8 Å². The van der Waals surface area contributed by atoms with E-state index in [2.05, 4.69) is 17.3 Å². The molecule has 0 amide bonds. The summed E-state index contributed by atoms with van der Waals surface area (Å²) in [4.78, 5) is 0. The van der Waals surface area contributed by atoms with Crippen molar-refractivity contribution in [3.05, 3.63) is 18.2 Å². The van der Waals surface area contributed by atoms with E-state index in [1.165, 1.54) is 0 Å². The summed E-state index contributed by atoms with van der Waals surface area (Å²) < 4.78 is 10.3. The quantitative estimate of drug-likeness (QED) is 0.586. The summed E-state index contributed by atoms with van der Waals surface area (Å²) in [7, 11) is 3.21. The Morgan fingerprint density at radius 1 is 1.14 bits per heavy atom. The van der Waals surface area contributed by atoms with Gasteiger partial charge < -0.3 is 14.8 Å². The van der Waals surface area contributed by atoms with Crippen LogP contribution in [0.2, 0.25) is 0 Å². The first-order valence-corrected chi connectivity index (χ1v) is 4.21. The lowest BCUT2D eigenvalue weighted by atomic mass is 10.3. The first kappa shape index (κ1) is 10.3. The summed E-state index contributed by atoms with van der Waals surface area (Å²) in [5.74, 6) is 4.15. The van der Waals surface area contributed by atoms with Crippen molar-refractivity contribution in [1.82, 2.24) is 0 Å². The molecule has 0 aromatic heterocycles. The van der Waals surface area contributed by atoms with Crippen LogP contribution in [0.4, 0.5) is 5.69 Å². The Labute approximate surface area is 84.0 Å². The Hall–Kier alpha value is -1.82. The first-order chi connectivity index (χ1) is 6.81. The predicted molar refractivity (Wildman–Crippen MR) is 56.6 cm³/mol. The van der Waals surface area contributed by atoms with Crippen molar-refractivity contribution in [2.24, 2.45) is 0 Å². The molecular weight excluding hydrogens is 178 g/mol. The molecule has 0 fully saturated rings. The number of ether oxygens (including phenoxy) is 2. The van der Waals surface area contributed by atoms with Gasteiger partial charge in [0.2, 0.25) is 0 Å². The van der Waals surface area contributed by atoms with Gasteiger partial charge in [-0.25, -0.2) is 0 Å². The van der Waals surface area contributed by atoms with E-state index < -0.39 is 0 Å². The second kappa shape index (κ2) is 5.03. The van der Waals surface area contributed by atoms with Crippen LogP contribution in [0.5, 0.6) is 11.5 Å². The fourth-order valence-electron chi connectivity index (χ4n) is 1.05. The largest absolute Gasteiger partial charge is 0.493 e. The van der Waals surface area contributed by atoms with Crippen LogP contribution in [0.3, 0.4) is 0 Å². The smallest absolute Gasteiger partial charge is 0.162 e. The van der Waals surface area contributed by atoms with Crippen molar-refractivity contribution in [1.29, 1.82) is 0 Å². The second-order valence-electron chi connectivity index (χ2n) is 2.57. The lowest BCUT2D eigenvalue weighted by molar-refractivity contribution is 0.355. The van der Waals surface area contributed by atoms with Crippen molar-refractivity contribution in [2.75, 3.05) is 19.5 Å². The van der Waals surface area contributed by atoms with Gasteiger partial charge in [0.25, 0.3) is 0 Å². The van der Waals surface area contributed by atoms with Gasteiger partial charge in [0.1, 0.15) is 0 Å². The third kappa shape index (κ3) is 2.33. The minimum Gasteiger partial charge on any atom is -0.493 e. The molecule has 0 atom stereocenters. The van der Waals surface area contributed by atoms with Crippen molar-refractivity contribution < 1.29 is 9.47 Å². The molecule has 0 radical (unpaired) electrons. The third-order valence-electron chi connectivity index (χ3n) is 1.72. The minimum atomic E-state index is 0.690. The molecule has 0 saturated carbocycles. The Bertz CT molecular complexity index is 363. The third-order valence-corrected chi connectivity index (χ3v) is 1.72. The van der Waals surface area contributed by atoms with Crippen LogP contribution in [-0.2, 0) is 0 Å². The highest BCUT2D eigenvalue weighted by molar-refractivity contribution is 5.56. The molecule has 74 valence electrons. The lowest BCUT2D eigenvalue weighted by Gasteiger charge is -2.08. The summed E-state index contributed by atoms with van der Waals surface area (Å²) in [6.07, 6.45) is 0. The predicted octanol–water partition coefficient (Wildman–Crippen LogP) is 2.10. The molecule has 1 N–H and O–H groups in total. The van der Waals surface area contributed by atoms with Gasteiger partial charge in [0.05, 0.1) is 14.2 Å². The molecule has 0 aliphatic carbocycles. The molecule has 0 saturated heterocycles. The fraction of sp³-hybridized carbons (Fsp3) is 0.273. The maximum Gasteiger partial charge on any atom is 0.162 e. The fourth-order valence-corrected chi connectivity index (χ4v) is 1.05. The standard InChI is InChI=1S/C11H13NO2/c1-4-7-12-9-5-6-10(13-2)11(8-9)14-3/h5-6,8,12H,1-3H3. The molecule has 0 aliphatic rings. The Morgan fingerprint density at radius 2 is 1.86 bits per heavy atom. The molecule has 1 aromatic rings. The number of hydrogen-bond acceptors (Lipinski definition) is 3. The highest BCUT2D eigenvalue weighted by Gasteiger charge is 2.02. The highest BCUT2D eigenvalue weighted by Crippen LogP contribution is 2.29. The van der Waals surface area contributed by atoms with E-state index in [1.807, 2.05) is 18.2 Å². The zero-order valence-corrected chi connectivity index (χ0v) is 8.55. The average Bonchev–Trinajstić information content (AvgIpc) is 2.25. The number of nitrogens with one attached hydrogen (secondary N) is 1. The van der Waals surface area contributed by atoms with Gasteiger partial charge in [-0.05, 0) is 19.1 Å². The second-order valence-corrected chi connectivity index (χ2v) is 2.57. The van der Waals surface area contributed by atoms with Crippen LogP contribution in [0.25, 0.3) is 0 Å². The maximum atomic E-state index is 5.14. The van der Waals surface area contributed by atoms with Crippen LogP contribution >= 0.6 is 0 Å². The van der Waals surface area contributed by atoms with Gasteiger partial charge in [-0.3, -0.25) is 0 Å². The van der Waals surface area contributed by atoms with Gasteiger partial charge in [0.15, 0.2) is 11.5 Å². The first-order valence-electron chi connectivity index (χ1n) is 4.21. The Morgan fingerprint density at radius 3 is 2.43 bits per heavy atom. The Kier molecular flexibility index (Phi) is 3.69. The molecule has 1 rings (SSSR count). The van der Waals surface area contributed by atoms with E-state index in [1.54, 1.807) is 21.1 Å². The number of hydrogen-bond donors (Lipinski definition) is 1. The normalized spacial score (nSPS) is 8.50. The van der Waals surface area contributed by atoms with E-state index in [4.69, 9.17) is 9.47 Å². The molecule has 0 aliphatic heterocycles. The number of anilines is 1. The van der Waals surface area contributed by atoms with Gasteiger partial charge >= 0.3 is 0 Å². The molecule has 0 bridgehead atoms. The van der Waals surface area contributed by atoms with Gasteiger partial charge in [0, 0.05) is 17.8 Å². The van der Waals surface area contributed by atoms with E-state index >= 15 is 0 Å². The minimum absolute atomic E-state index is 0.690. The van der Waals surface area contributed by atoms with E-state index in [0.717, 1.165) is 5.69 Å². The van der Waals surface area contributed by atoms with E-state index in [9.17, 15) is 0 Å². The SMILES string of the molecule is CC#CNc1ccc(OC)c(OC)c1. The monoisotopic (exact) mass is 191 g/mol. The topological polar surface area (TPSA) is 30.5 Å². The average molecular weight is 191 g/mol. The summed E-state index contributed by atoms with van der Waals surface area (Å²) in [6.45, 7) is 1.77. The van der Waals surface area contributed by atoms with Crippen molar-refractivity contribution in [3.8, 4) is 23.5 Å². The van der Waals surface area contributed by atoms with Crippen LogP contribution in [0.1, 0.15) is 6.92 Å². The lowest BCUT2D eigenvalue weighted by Crippen LogP contribution is -1.93. The maximum absolute atomic E-state index is 5.14. The molecule has 1 aromatic carbocycles. The van der Waals surface area contributed by atoms with Gasteiger partial charge in [-0.15, -0.1) is 0 Å². The summed E-state index contributed by atoms with van der Waals surface area (Å²) in [6, 6.07) is 8.31. The molecule has 3 heteroatoms.